The topological polar surface area (TPSA) is 83.1 Å². The fourth-order valence-corrected chi connectivity index (χ4v) is 4.95. The van der Waals surface area contributed by atoms with Crippen LogP contribution in [0, 0.1) is 0 Å². The standard InChI is InChI=1S/C28H30N4O3/c1-19(33)21-3-2-4-22(13-21)26-15-30-32-16-23(14-29-27(26)32)20-5-7-25(8-6-20)35-28(10-11-28)18-31-12-9-24(34)17-31/h2-8,13-16,19,24,33-34H,9-12,17-18H2,1H3. The second-order valence-electron chi connectivity index (χ2n) is 9.96. The molecule has 0 spiro atoms. The minimum absolute atomic E-state index is 0.109. The third-order valence-corrected chi connectivity index (χ3v) is 7.13. The van der Waals surface area contributed by atoms with Crippen LogP contribution in [0.3, 0.4) is 0 Å². The van der Waals surface area contributed by atoms with Crippen molar-refractivity contribution >= 4 is 5.65 Å². The van der Waals surface area contributed by atoms with Crippen LogP contribution < -0.4 is 4.74 Å². The van der Waals surface area contributed by atoms with Crippen LogP contribution in [-0.4, -0.2) is 61.1 Å². The zero-order valence-corrected chi connectivity index (χ0v) is 19.8. The summed E-state index contributed by atoms with van der Waals surface area (Å²) >= 11 is 0. The zero-order valence-electron chi connectivity index (χ0n) is 19.8. The first-order valence-electron chi connectivity index (χ1n) is 12.3. The SMILES string of the molecule is CC(O)c1cccc(-c2cnn3cc(-c4ccc(OC5(CN6CCC(O)C6)CC5)cc4)cnc23)c1. The summed E-state index contributed by atoms with van der Waals surface area (Å²) in [5, 5.41) is 24.3. The van der Waals surface area contributed by atoms with Crippen molar-refractivity contribution in [3.63, 3.8) is 0 Å². The molecular weight excluding hydrogens is 440 g/mol. The van der Waals surface area contributed by atoms with Crippen molar-refractivity contribution in [3.05, 3.63) is 72.7 Å². The molecule has 180 valence electrons. The van der Waals surface area contributed by atoms with E-state index in [-0.39, 0.29) is 11.7 Å². The highest BCUT2D eigenvalue weighted by Gasteiger charge is 2.47. The number of nitrogens with zero attached hydrogens (tertiary/aromatic N) is 4. The monoisotopic (exact) mass is 470 g/mol. The molecule has 0 radical (unpaired) electrons. The lowest BCUT2D eigenvalue weighted by Gasteiger charge is -2.24. The highest BCUT2D eigenvalue weighted by molar-refractivity contribution is 5.78. The molecule has 1 aliphatic carbocycles. The maximum atomic E-state index is 9.92. The normalized spacial score (nSPS) is 20.3. The molecule has 1 saturated carbocycles. The Morgan fingerprint density at radius 2 is 1.91 bits per heavy atom. The van der Waals surface area contributed by atoms with E-state index < -0.39 is 6.10 Å². The Bertz CT molecular complexity index is 1340. The van der Waals surface area contributed by atoms with Crippen LogP contribution in [0.4, 0.5) is 0 Å². The van der Waals surface area contributed by atoms with Gasteiger partial charge in [0.1, 0.15) is 11.4 Å². The van der Waals surface area contributed by atoms with Gasteiger partial charge in [0.15, 0.2) is 5.65 Å². The number of benzene rings is 2. The number of rotatable bonds is 7. The molecule has 4 aromatic rings. The van der Waals surface area contributed by atoms with Gasteiger partial charge in [-0.25, -0.2) is 9.50 Å². The Balaban J connectivity index is 1.19. The largest absolute Gasteiger partial charge is 0.486 e. The molecule has 2 aromatic carbocycles. The molecule has 7 nitrogen and oxygen atoms in total. The van der Waals surface area contributed by atoms with Gasteiger partial charge in [-0.1, -0.05) is 30.3 Å². The number of ether oxygens (including phenoxy) is 1. The van der Waals surface area contributed by atoms with Crippen molar-refractivity contribution in [1.29, 1.82) is 0 Å². The van der Waals surface area contributed by atoms with E-state index in [9.17, 15) is 10.2 Å². The van der Waals surface area contributed by atoms with Crippen molar-refractivity contribution in [2.45, 2.75) is 44.0 Å². The van der Waals surface area contributed by atoms with Gasteiger partial charge in [-0.2, -0.15) is 5.10 Å². The highest BCUT2D eigenvalue weighted by Crippen LogP contribution is 2.42. The summed E-state index contributed by atoms with van der Waals surface area (Å²) in [7, 11) is 0. The van der Waals surface area contributed by atoms with E-state index in [1.807, 2.05) is 55.0 Å². The molecule has 7 heteroatoms. The Morgan fingerprint density at radius 1 is 1.09 bits per heavy atom. The number of β-amino-alcohol motifs (C(OH)–C–C–N with tert-alkyl or cyclic N) is 1. The molecule has 1 aliphatic heterocycles. The van der Waals surface area contributed by atoms with Gasteiger partial charge >= 0.3 is 0 Å². The fraction of sp³-hybridized carbons (Fsp3) is 0.357. The van der Waals surface area contributed by atoms with Crippen LogP contribution in [0.15, 0.2) is 67.1 Å². The van der Waals surface area contributed by atoms with Crippen molar-refractivity contribution in [3.8, 4) is 28.0 Å². The zero-order chi connectivity index (χ0) is 24.0. The number of aromatic nitrogens is 3. The average Bonchev–Trinajstić information content (AvgIpc) is 3.28. The molecule has 0 bridgehead atoms. The molecule has 2 N–H and O–H groups in total. The number of aliphatic hydroxyl groups is 2. The third kappa shape index (κ3) is 4.55. The van der Waals surface area contributed by atoms with Crippen LogP contribution in [0.1, 0.15) is 37.9 Å². The Labute approximate surface area is 204 Å². The summed E-state index contributed by atoms with van der Waals surface area (Å²) in [6.07, 6.45) is 7.93. The first-order valence-corrected chi connectivity index (χ1v) is 12.3. The molecule has 3 heterocycles. The highest BCUT2D eigenvalue weighted by atomic mass is 16.5. The minimum atomic E-state index is -0.522. The molecule has 1 saturated heterocycles. The Morgan fingerprint density at radius 3 is 2.63 bits per heavy atom. The Kier molecular flexibility index (Phi) is 5.56. The van der Waals surface area contributed by atoms with E-state index in [1.165, 1.54) is 0 Å². The predicted molar refractivity (Wildman–Crippen MR) is 134 cm³/mol. The van der Waals surface area contributed by atoms with Gasteiger partial charge in [0.05, 0.1) is 18.4 Å². The van der Waals surface area contributed by atoms with E-state index in [0.29, 0.717) is 0 Å². The molecule has 2 aliphatic rings. The van der Waals surface area contributed by atoms with Gasteiger partial charge < -0.3 is 14.9 Å². The van der Waals surface area contributed by atoms with Gasteiger partial charge in [-0.15, -0.1) is 0 Å². The molecule has 2 aromatic heterocycles. The smallest absolute Gasteiger partial charge is 0.162 e. The molecule has 2 atom stereocenters. The van der Waals surface area contributed by atoms with Crippen molar-refractivity contribution in [2.24, 2.45) is 0 Å². The van der Waals surface area contributed by atoms with Gasteiger partial charge in [0, 0.05) is 43.2 Å². The van der Waals surface area contributed by atoms with Crippen LogP contribution in [-0.2, 0) is 0 Å². The lowest BCUT2D eigenvalue weighted by atomic mass is 10.0. The quantitative estimate of drug-likeness (QED) is 0.423. The summed E-state index contributed by atoms with van der Waals surface area (Å²) in [4.78, 5) is 7.02. The second-order valence-corrected chi connectivity index (χ2v) is 9.96. The summed E-state index contributed by atoms with van der Waals surface area (Å²) in [6.45, 7) is 4.34. The van der Waals surface area contributed by atoms with Crippen LogP contribution in [0.5, 0.6) is 5.75 Å². The fourth-order valence-electron chi connectivity index (χ4n) is 4.95. The van der Waals surface area contributed by atoms with Gasteiger partial charge in [-0.05, 0) is 61.1 Å². The molecule has 0 amide bonds. The van der Waals surface area contributed by atoms with Crippen LogP contribution in [0.2, 0.25) is 0 Å². The van der Waals surface area contributed by atoms with Crippen molar-refractivity contribution in [1.82, 2.24) is 19.5 Å². The molecule has 35 heavy (non-hydrogen) atoms. The molecular formula is C28H30N4O3. The van der Waals surface area contributed by atoms with E-state index in [1.54, 1.807) is 11.4 Å². The lowest BCUT2D eigenvalue weighted by molar-refractivity contribution is 0.113. The number of hydrogen-bond acceptors (Lipinski definition) is 6. The predicted octanol–water partition coefficient (Wildman–Crippen LogP) is 4.09. The maximum absolute atomic E-state index is 9.92. The number of likely N-dealkylation sites (tertiary alicyclic amines) is 1. The van der Waals surface area contributed by atoms with E-state index in [4.69, 9.17) is 9.72 Å². The third-order valence-electron chi connectivity index (χ3n) is 7.13. The molecule has 2 unspecified atom stereocenters. The van der Waals surface area contributed by atoms with Crippen LogP contribution in [0.25, 0.3) is 27.9 Å². The van der Waals surface area contributed by atoms with Gasteiger partial charge in [-0.3, -0.25) is 4.90 Å². The van der Waals surface area contributed by atoms with E-state index in [0.717, 1.165) is 78.1 Å². The number of hydrogen-bond donors (Lipinski definition) is 2. The summed E-state index contributed by atoms with van der Waals surface area (Å²) < 4.78 is 8.18. The summed E-state index contributed by atoms with van der Waals surface area (Å²) in [5.74, 6) is 0.874. The Hall–Kier alpha value is -3.26. The van der Waals surface area contributed by atoms with Gasteiger partial charge in [0.2, 0.25) is 0 Å². The summed E-state index contributed by atoms with van der Waals surface area (Å²) in [6, 6.07) is 16.0. The number of aliphatic hydroxyl groups excluding tert-OH is 2. The second kappa shape index (κ2) is 8.75. The number of fused-ring (bicyclic) bond motifs is 1. The molecule has 6 rings (SSSR count). The van der Waals surface area contributed by atoms with Crippen molar-refractivity contribution in [2.75, 3.05) is 19.6 Å². The van der Waals surface area contributed by atoms with E-state index >= 15 is 0 Å². The first-order chi connectivity index (χ1) is 17.0. The lowest BCUT2D eigenvalue weighted by Crippen LogP contribution is -2.36. The minimum Gasteiger partial charge on any atom is -0.486 e. The van der Waals surface area contributed by atoms with E-state index in [2.05, 4.69) is 22.1 Å². The average molecular weight is 471 g/mol. The molecule has 2 fully saturated rings. The van der Waals surface area contributed by atoms with Gasteiger partial charge in [0.25, 0.3) is 0 Å². The van der Waals surface area contributed by atoms with Crippen molar-refractivity contribution < 1.29 is 14.9 Å². The first kappa shape index (κ1) is 22.2. The van der Waals surface area contributed by atoms with Crippen LogP contribution >= 0.6 is 0 Å². The maximum Gasteiger partial charge on any atom is 0.162 e. The summed E-state index contributed by atoms with van der Waals surface area (Å²) in [5.41, 5.74) is 5.48.